The van der Waals surface area contributed by atoms with Gasteiger partial charge in [-0.15, -0.1) is 0 Å². The van der Waals surface area contributed by atoms with Crippen LogP contribution in [0.25, 0.3) is 0 Å². The van der Waals surface area contributed by atoms with Gasteiger partial charge in [-0.05, 0) is 18.1 Å². The number of fused-ring (bicyclic) bond motifs is 1. The third kappa shape index (κ3) is 2.76. The van der Waals surface area contributed by atoms with Gasteiger partial charge in [0.2, 0.25) is 0 Å². The quantitative estimate of drug-likeness (QED) is 0.844. The van der Waals surface area contributed by atoms with Gasteiger partial charge in [-0.3, -0.25) is 9.69 Å². The fourth-order valence-electron chi connectivity index (χ4n) is 2.27. The van der Waals surface area contributed by atoms with E-state index < -0.39 is 18.1 Å². The molecule has 0 saturated heterocycles. The highest BCUT2D eigenvalue weighted by Gasteiger charge is 2.35. The van der Waals surface area contributed by atoms with Gasteiger partial charge >= 0.3 is 12.1 Å². The lowest BCUT2D eigenvalue weighted by Crippen LogP contribution is -2.39. The highest BCUT2D eigenvalue weighted by molar-refractivity contribution is 5.92. The number of carbonyl (C=O) groups excluding carboxylic acids is 1. The van der Waals surface area contributed by atoms with E-state index >= 15 is 0 Å². The number of para-hydroxylation sites is 1. The molecule has 2 rings (SSSR count). The predicted molar refractivity (Wildman–Crippen MR) is 70.2 cm³/mol. The Morgan fingerprint density at radius 3 is 2.89 bits per heavy atom. The number of benzene rings is 1. The third-order valence-corrected chi connectivity index (χ3v) is 3.00. The van der Waals surface area contributed by atoms with Crippen molar-refractivity contribution in [2.75, 3.05) is 11.5 Å². The molecule has 1 N–H and O–H groups in total. The van der Waals surface area contributed by atoms with Gasteiger partial charge in [0.15, 0.2) is 0 Å². The monoisotopic (exact) mass is 261 g/mol. The van der Waals surface area contributed by atoms with Gasteiger partial charge in [0.05, 0.1) is 18.2 Å². The molecular weight excluding hydrogens is 246 g/mol. The molecule has 0 unspecified atom stereocenters. The maximum Gasteiger partial charge on any atom is 0.414 e. The van der Waals surface area contributed by atoms with E-state index in [2.05, 4.69) is 6.58 Å². The van der Waals surface area contributed by atoms with E-state index in [0.29, 0.717) is 6.42 Å². The molecule has 0 radical (unpaired) electrons. The molecule has 0 fully saturated rings. The summed E-state index contributed by atoms with van der Waals surface area (Å²) in [6, 6.07) is 6.98. The van der Waals surface area contributed by atoms with Gasteiger partial charge in [0, 0.05) is 0 Å². The van der Waals surface area contributed by atoms with E-state index in [-0.39, 0.29) is 13.0 Å². The number of ether oxygens (including phenoxy) is 1. The highest BCUT2D eigenvalue weighted by atomic mass is 16.6. The summed E-state index contributed by atoms with van der Waals surface area (Å²) in [6.45, 7) is 3.59. The number of aliphatic carboxylic acids is 1. The smallest absolute Gasteiger partial charge is 0.414 e. The zero-order valence-corrected chi connectivity index (χ0v) is 10.4. The fraction of sp³-hybridized carbons (Fsp3) is 0.286. The lowest BCUT2D eigenvalue weighted by molar-refractivity contribution is -0.137. The number of carboxylic acids is 1. The minimum Gasteiger partial charge on any atom is -0.481 e. The molecule has 1 heterocycles. The van der Waals surface area contributed by atoms with E-state index in [9.17, 15) is 9.59 Å². The van der Waals surface area contributed by atoms with Crippen LogP contribution < -0.4 is 4.90 Å². The second kappa shape index (κ2) is 5.56. The maximum atomic E-state index is 12.0. The molecular formula is C14H15NO4. The normalized spacial score (nSPS) is 16.8. The van der Waals surface area contributed by atoms with Crippen molar-refractivity contribution < 1.29 is 19.4 Å². The Balaban J connectivity index is 2.25. The maximum absolute atomic E-state index is 12.0. The number of hydrogen-bond acceptors (Lipinski definition) is 3. The van der Waals surface area contributed by atoms with Gasteiger partial charge in [0.1, 0.15) is 6.61 Å². The van der Waals surface area contributed by atoms with Crippen LogP contribution in [0.5, 0.6) is 0 Å². The first-order valence-corrected chi connectivity index (χ1v) is 6.00. The van der Waals surface area contributed by atoms with E-state index in [1.807, 2.05) is 18.2 Å². The summed E-state index contributed by atoms with van der Waals surface area (Å²) in [5.74, 6) is -0.931. The van der Waals surface area contributed by atoms with Crippen LogP contribution in [-0.4, -0.2) is 29.8 Å². The number of nitrogens with zero attached hydrogens (tertiary/aromatic N) is 1. The average Bonchev–Trinajstić information content (AvgIpc) is 2.72. The molecule has 5 heteroatoms. The first-order chi connectivity index (χ1) is 9.13. The summed E-state index contributed by atoms with van der Waals surface area (Å²) >= 11 is 0. The van der Waals surface area contributed by atoms with E-state index in [1.54, 1.807) is 6.07 Å². The van der Waals surface area contributed by atoms with Crippen LogP contribution in [0.1, 0.15) is 12.0 Å². The molecule has 1 atom stereocenters. The molecule has 0 saturated carbocycles. The molecule has 5 nitrogen and oxygen atoms in total. The summed E-state index contributed by atoms with van der Waals surface area (Å²) in [5.41, 5.74) is 1.69. The molecule has 1 amide bonds. The van der Waals surface area contributed by atoms with Gasteiger partial charge in [-0.25, -0.2) is 4.79 Å². The van der Waals surface area contributed by atoms with Crippen LogP contribution in [0.2, 0.25) is 0 Å². The zero-order valence-electron chi connectivity index (χ0n) is 10.4. The molecule has 1 aromatic carbocycles. The summed E-state index contributed by atoms with van der Waals surface area (Å²) in [4.78, 5) is 24.3. The first kappa shape index (κ1) is 13.1. The Kier molecular flexibility index (Phi) is 3.85. The number of carboxylic acid groups (broad SMARTS) is 1. The Bertz CT molecular complexity index is 512. The van der Waals surface area contributed by atoms with E-state index in [0.717, 1.165) is 11.3 Å². The molecule has 1 aliphatic rings. The Morgan fingerprint density at radius 1 is 1.47 bits per heavy atom. The van der Waals surface area contributed by atoms with Crippen molar-refractivity contribution in [3.8, 4) is 0 Å². The molecule has 1 aromatic rings. The van der Waals surface area contributed by atoms with E-state index in [1.165, 1.54) is 11.0 Å². The molecule has 1 aliphatic heterocycles. The van der Waals surface area contributed by atoms with Gasteiger partial charge in [-0.2, -0.15) is 0 Å². The van der Waals surface area contributed by atoms with Crippen molar-refractivity contribution in [3.63, 3.8) is 0 Å². The summed E-state index contributed by atoms with van der Waals surface area (Å²) < 4.78 is 5.02. The summed E-state index contributed by atoms with van der Waals surface area (Å²) in [6.07, 6.45) is 1.38. The van der Waals surface area contributed by atoms with Crippen LogP contribution in [-0.2, 0) is 16.0 Å². The largest absolute Gasteiger partial charge is 0.481 e. The minimum absolute atomic E-state index is 0.0993. The van der Waals surface area contributed by atoms with Crippen molar-refractivity contribution in [1.29, 1.82) is 0 Å². The Labute approximate surface area is 111 Å². The van der Waals surface area contributed by atoms with Crippen molar-refractivity contribution in [3.05, 3.63) is 42.5 Å². The number of amides is 1. The van der Waals surface area contributed by atoms with Gasteiger partial charge < -0.3 is 9.84 Å². The van der Waals surface area contributed by atoms with Gasteiger partial charge in [0.25, 0.3) is 0 Å². The molecule has 0 spiro atoms. The number of anilines is 1. The van der Waals surface area contributed by atoms with Crippen LogP contribution >= 0.6 is 0 Å². The average molecular weight is 261 g/mol. The van der Waals surface area contributed by atoms with Crippen LogP contribution in [0, 0.1) is 0 Å². The van der Waals surface area contributed by atoms with Crippen molar-refractivity contribution in [1.82, 2.24) is 0 Å². The highest BCUT2D eigenvalue weighted by Crippen LogP contribution is 2.33. The predicted octanol–water partition coefficient (Wildman–Crippen LogP) is 2.21. The van der Waals surface area contributed by atoms with E-state index in [4.69, 9.17) is 9.84 Å². The second-order valence-corrected chi connectivity index (χ2v) is 4.32. The number of rotatable bonds is 4. The minimum atomic E-state index is -0.931. The second-order valence-electron chi connectivity index (χ2n) is 4.32. The molecule has 0 aromatic heterocycles. The lowest BCUT2D eigenvalue weighted by Gasteiger charge is -2.23. The molecule has 100 valence electrons. The number of hydrogen-bond donors (Lipinski definition) is 1. The molecule has 19 heavy (non-hydrogen) atoms. The van der Waals surface area contributed by atoms with Crippen LogP contribution in [0.3, 0.4) is 0 Å². The summed E-state index contributed by atoms with van der Waals surface area (Å²) in [5, 5.41) is 8.93. The van der Waals surface area contributed by atoms with Gasteiger partial charge in [-0.1, -0.05) is 30.9 Å². The van der Waals surface area contributed by atoms with Crippen molar-refractivity contribution >= 4 is 17.7 Å². The third-order valence-electron chi connectivity index (χ3n) is 3.00. The fourth-order valence-corrected chi connectivity index (χ4v) is 2.27. The molecule has 0 aliphatic carbocycles. The van der Waals surface area contributed by atoms with Crippen LogP contribution in [0.15, 0.2) is 36.9 Å². The standard InChI is InChI=1S/C14H15NO4/c1-2-7-19-14(18)15-11(9-13(16)17)8-10-5-3-4-6-12(10)15/h2-6,11H,1,7-9H2,(H,16,17)/t11-/m0/s1. The first-order valence-electron chi connectivity index (χ1n) is 6.00. The molecule has 0 bridgehead atoms. The SMILES string of the molecule is C=CCOC(=O)N1c2ccccc2C[C@H]1CC(=O)O. The zero-order chi connectivity index (χ0) is 13.8. The van der Waals surface area contributed by atoms with Crippen LogP contribution in [0.4, 0.5) is 10.5 Å². The number of carbonyl (C=O) groups is 2. The lowest BCUT2D eigenvalue weighted by atomic mass is 10.1. The topological polar surface area (TPSA) is 66.8 Å². The van der Waals surface area contributed by atoms with Crippen molar-refractivity contribution in [2.45, 2.75) is 18.9 Å². The van der Waals surface area contributed by atoms with Crippen molar-refractivity contribution in [2.24, 2.45) is 0 Å². The Hall–Kier alpha value is -2.30. The summed E-state index contributed by atoms with van der Waals surface area (Å²) in [7, 11) is 0. The Morgan fingerprint density at radius 2 is 2.21 bits per heavy atom.